The van der Waals surface area contributed by atoms with Crippen molar-refractivity contribution in [2.75, 3.05) is 5.32 Å². The zero-order valence-electron chi connectivity index (χ0n) is 12.0. The average Bonchev–Trinajstić information content (AvgIpc) is 3.09. The van der Waals surface area contributed by atoms with E-state index in [0.717, 1.165) is 41.3 Å². The minimum atomic E-state index is 0.713. The van der Waals surface area contributed by atoms with Crippen LogP contribution in [0.2, 0.25) is 0 Å². The Balaban J connectivity index is 1.54. The molecule has 0 fully saturated rings. The van der Waals surface area contributed by atoms with Crippen molar-refractivity contribution in [2.24, 2.45) is 7.05 Å². The molecule has 0 bridgehead atoms. The van der Waals surface area contributed by atoms with E-state index in [1.54, 1.807) is 4.68 Å². The van der Waals surface area contributed by atoms with E-state index >= 15 is 0 Å². The van der Waals surface area contributed by atoms with Gasteiger partial charge in [0.2, 0.25) is 5.95 Å². The maximum absolute atomic E-state index is 4.25. The number of fused-ring (bicyclic) bond motifs is 2. The summed E-state index contributed by atoms with van der Waals surface area (Å²) in [4.78, 5) is 0. The highest BCUT2D eigenvalue weighted by Crippen LogP contribution is 2.18. The van der Waals surface area contributed by atoms with Gasteiger partial charge in [0.25, 0.3) is 0 Å². The van der Waals surface area contributed by atoms with Crippen molar-refractivity contribution in [1.29, 1.82) is 0 Å². The maximum atomic E-state index is 4.25. The molecule has 0 atom stereocenters. The van der Waals surface area contributed by atoms with Gasteiger partial charge < -0.3 is 5.32 Å². The largest absolute Gasteiger partial charge is 0.350 e. The first kappa shape index (κ1) is 12.3. The van der Waals surface area contributed by atoms with Crippen molar-refractivity contribution in [3.8, 4) is 0 Å². The van der Waals surface area contributed by atoms with E-state index in [0.29, 0.717) is 6.54 Å². The van der Waals surface area contributed by atoms with Gasteiger partial charge in [-0.2, -0.15) is 0 Å². The summed E-state index contributed by atoms with van der Waals surface area (Å²) in [7, 11) is 1.90. The molecule has 0 radical (unpaired) electrons. The summed E-state index contributed by atoms with van der Waals surface area (Å²) in [6.45, 7) is 1.72. The summed E-state index contributed by atoms with van der Waals surface area (Å²) >= 11 is 0. The quantitative estimate of drug-likeness (QED) is 0.788. The van der Waals surface area contributed by atoms with E-state index in [2.05, 4.69) is 42.5 Å². The van der Waals surface area contributed by atoms with E-state index in [1.165, 1.54) is 12.8 Å². The molecule has 21 heavy (non-hydrogen) atoms. The molecule has 2 aromatic heterocycles. The lowest BCUT2D eigenvalue weighted by Crippen LogP contribution is -2.14. The second-order valence-electron chi connectivity index (χ2n) is 5.44. The topological polar surface area (TPSA) is 73.5 Å². The van der Waals surface area contributed by atoms with Crippen LogP contribution in [-0.4, -0.2) is 29.8 Å². The van der Waals surface area contributed by atoms with Crippen LogP contribution in [0.15, 0.2) is 18.2 Å². The number of rotatable bonds is 3. The van der Waals surface area contributed by atoms with Crippen molar-refractivity contribution in [1.82, 2.24) is 29.8 Å². The third-order valence-electron chi connectivity index (χ3n) is 3.99. The molecule has 0 spiro atoms. The highest BCUT2D eigenvalue weighted by Gasteiger charge is 2.15. The molecule has 7 heteroatoms. The number of hydrogen-bond acceptors (Lipinski definition) is 5. The molecule has 0 unspecified atom stereocenters. The molecular weight excluding hydrogens is 266 g/mol. The SMILES string of the molecule is Cn1nnc2cc(CNc3nnc4n3CCCC4)ccc21. The molecule has 4 rings (SSSR count). The van der Waals surface area contributed by atoms with E-state index in [1.807, 2.05) is 13.1 Å². The second kappa shape index (κ2) is 4.83. The normalized spacial score (nSPS) is 14.3. The molecule has 1 aliphatic rings. The van der Waals surface area contributed by atoms with Gasteiger partial charge in [-0.3, -0.25) is 4.57 Å². The molecule has 3 aromatic rings. The van der Waals surface area contributed by atoms with Crippen LogP contribution in [-0.2, 0) is 26.6 Å². The van der Waals surface area contributed by atoms with Crippen molar-refractivity contribution in [2.45, 2.75) is 32.4 Å². The van der Waals surface area contributed by atoms with Crippen LogP contribution in [0.4, 0.5) is 5.95 Å². The Bertz CT molecular complexity index is 786. The first-order chi connectivity index (χ1) is 10.3. The molecule has 1 N–H and O–H groups in total. The lowest BCUT2D eigenvalue weighted by atomic mass is 10.2. The average molecular weight is 283 g/mol. The Morgan fingerprint density at radius 1 is 1.19 bits per heavy atom. The smallest absolute Gasteiger partial charge is 0.224 e. The van der Waals surface area contributed by atoms with Gasteiger partial charge >= 0.3 is 0 Å². The van der Waals surface area contributed by atoms with E-state index in [-0.39, 0.29) is 0 Å². The summed E-state index contributed by atoms with van der Waals surface area (Å²) < 4.78 is 3.96. The summed E-state index contributed by atoms with van der Waals surface area (Å²) in [6.07, 6.45) is 3.44. The number of aryl methyl sites for hydroxylation is 2. The van der Waals surface area contributed by atoms with Crippen LogP contribution in [0.25, 0.3) is 11.0 Å². The molecule has 0 saturated heterocycles. The summed E-state index contributed by atoms with van der Waals surface area (Å²) in [6, 6.07) is 6.20. The molecule has 0 amide bonds. The number of benzene rings is 1. The zero-order chi connectivity index (χ0) is 14.2. The standard InChI is InChI=1S/C14H17N7/c1-20-12-6-5-10(8-11(12)16-19-20)9-15-14-18-17-13-4-2-3-7-21(13)14/h5-6,8H,2-4,7,9H2,1H3,(H,15,18). The molecule has 0 aliphatic carbocycles. The summed E-state index contributed by atoms with van der Waals surface area (Å²) in [5.41, 5.74) is 3.12. The van der Waals surface area contributed by atoms with E-state index in [4.69, 9.17) is 0 Å². The van der Waals surface area contributed by atoms with Gasteiger partial charge in [-0.05, 0) is 30.5 Å². The van der Waals surface area contributed by atoms with E-state index in [9.17, 15) is 0 Å². The molecule has 108 valence electrons. The second-order valence-corrected chi connectivity index (χ2v) is 5.44. The van der Waals surface area contributed by atoms with Crippen molar-refractivity contribution in [3.63, 3.8) is 0 Å². The first-order valence-electron chi connectivity index (χ1n) is 7.25. The lowest BCUT2D eigenvalue weighted by Gasteiger charge is -2.15. The fourth-order valence-corrected chi connectivity index (χ4v) is 2.82. The van der Waals surface area contributed by atoms with Gasteiger partial charge in [-0.1, -0.05) is 11.3 Å². The van der Waals surface area contributed by atoms with Gasteiger partial charge in [0.05, 0.1) is 5.52 Å². The number of nitrogens with one attached hydrogen (secondary N) is 1. The lowest BCUT2D eigenvalue weighted by molar-refractivity contribution is 0.525. The summed E-state index contributed by atoms with van der Waals surface area (Å²) in [5.74, 6) is 1.96. The minimum absolute atomic E-state index is 0.713. The molecule has 1 aromatic carbocycles. The van der Waals surface area contributed by atoms with Gasteiger partial charge in [-0.25, -0.2) is 4.68 Å². The monoisotopic (exact) mass is 283 g/mol. The van der Waals surface area contributed by atoms with E-state index < -0.39 is 0 Å². The number of hydrogen-bond donors (Lipinski definition) is 1. The third-order valence-corrected chi connectivity index (χ3v) is 3.99. The fraction of sp³-hybridized carbons (Fsp3) is 0.429. The molecule has 3 heterocycles. The molecule has 0 saturated carbocycles. The Labute approximate surface area is 122 Å². The van der Waals surface area contributed by atoms with Crippen LogP contribution in [0.5, 0.6) is 0 Å². The van der Waals surface area contributed by atoms with Gasteiger partial charge in [0.15, 0.2) is 0 Å². The van der Waals surface area contributed by atoms with Crippen LogP contribution < -0.4 is 5.32 Å². The molecule has 1 aliphatic heterocycles. The predicted octanol–water partition coefficient (Wildman–Crippen LogP) is 1.51. The van der Waals surface area contributed by atoms with Crippen LogP contribution in [0.3, 0.4) is 0 Å². The highest BCUT2D eigenvalue weighted by atomic mass is 15.4. The van der Waals surface area contributed by atoms with Crippen molar-refractivity contribution in [3.05, 3.63) is 29.6 Å². The van der Waals surface area contributed by atoms with Gasteiger partial charge in [0, 0.05) is 26.6 Å². The first-order valence-corrected chi connectivity index (χ1v) is 7.25. The minimum Gasteiger partial charge on any atom is -0.350 e. The maximum Gasteiger partial charge on any atom is 0.224 e. The third kappa shape index (κ3) is 2.14. The molecule has 7 nitrogen and oxygen atoms in total. The highest BCUT2D eigenvalue weighted by molar-refractivity contribution is 5.74. The van der Waals surface area contributed by atoms with Gasteiger partial charge in [0.1, 0.15) is 11.3 Å². The fourth-order valence-electron chi connectivity index (χ4n) is 2.82. The van der Waals surface area contributed by atoms with Crippen molar-refractivity contribution >= 4 is 17.0 Å². The Hall–Kier alpha value is -2.44. The summed E-state index contributed by atoms with van der Waals surface area (Å²) in [5, 5.41) is 20.0. The number of nitrogens with zero attached hydrogens (tertiary/aromatic N) is 6. The van der Waals surface area contributed by atoms with Gasteiger partial charge in [-0.15, -0.1) is 15.3 Å². The van der Waals surface area contributed by atoms with Crippen LogP contribution in [0, 0.1) is 0 Å². The zero-order valence-corrected chi connectivity index (χ0v) is 12.0. The van der Waals surface area contributed by atoms with Crippen molar-refractivity contribution < 1.29 is 0 Å². The predicted molar refractivity (Wildman–Crippen MR) is 78.8 cm³/mol. The Morgan fingerprint density at radius 3 is 3.10 bits per heavy atom. The van der Waals surface area contributed by atoms with Crippen LogP contribution in [0.1, 0.15) is 24.2 Å². The van der Waals surface area contributed by atoms with Crippen LogP contribution >= 0.6 is 0 Å². The number of aromatic nitrogens is 6. The number of anilines is 1. The Morgan fingerprint density at radius 2 is 2.14 bits per heavy atom. The molecular formula is C14H17N7. The Kier molecular flexibility index (Phi) is 2.83.